The molecule has 0 unspecified atom stereocenters. The summed E-state index contributed by atoms with van der Waals surface area (Å²) in [7, 11) is 0. The van der Waals surface area contributed by atoms with Crippen LogP contribution in [0.2, 0.25) is 0 Å². The fourth-order valence-corrected chi connectivity index (χ4v) is 3.54. The molecule has 0 spiro atoms. The van der Waals surface area contributed by atoms with Gasteiger partial charge in [0, 0.05) is 11.6 Å². The lowest BCUT2D eigenvalue weighted by Crippen LogP contribution is -2.48. The zero-order valence-corrected chi connectivity index (χ0v) is 14.1. The van der Waals surface area contributed by atoms with Crippen molar-refractivity contribution in [2.75, 3.05) is 0 Å². The normalized spacial score (nSPS) is 24.4. The van der Waals surface area contributed by atoms with E-state index >= 15 is 0 Å². The molecule has 3 rings (SSSR count). The van der Waals surface area contributed by atoms with Gasteiger partial charge >= 0.3 is 0 Å². The molecular formula is C18H19ClN2O3. The molecule has 126 valence electrons. The first-order valence-corrected chi connectivity index (χ1v) is 8.40. The highest BCUT2D eigenvalue weighted by molar-refractivity contribution is 6.30. The fourth-order valence-electron chi connectivity index (χ4n) is 3.28. The van der Waals surface area contributed by atoms with E-state index in [2.05, 4.69) is 5.32 Å². The number of hydrogen-bond donors (Lipinski definition) is 1. The van der Waals surface area contributed by atoms with Gasteiger partial charge < -0.3 is 5.32 Å². The van der Waals surface area contributed by atoms with Gasteiger partial charge in [-0.15, -0.1) is 0 Å². The third-order valence-corrected chi connectivity index (χ3v) is 4.99. The lowest BCUT2D eigenvalue weighted by atomic mass is 9.85. The lowest BCUT2D eigenvalue weighted by Gasteiger charge is -2.22. The summed E-state index contributed by atoms with van der Waals surface area (Å²) in [6.45, 7) is 1.95. The molecule has 3 amide bonds. The number of fused-ring (bicyclic) bond motifs is 1. The molecule has 5 nitrogen and oxygen atoms in total. The molecule has 1 aliphatic carbocycles. The second kappa shape index (κ2) is 6.77. The summed E-state index contributed by atoms with van der Waals surface area (Å²) in [5.74, 6) is -1.71. The molecular weight excluding hydrogens is 328 g/mol. The van der Waals surface area contributed by atoms with Crippen LogP contribution < -0.4 is 5.32 Å². The number of allylic oxidation sites excluding steroid dienone is 2. The van der Waals surface area contributed by atoms with E-state index in [4.69, 9.17) is 11.6 Å². The van der Waals surface area contributed by atoms with Crippen molar-refractivity contribution in [2.45, 2.75) is 32.4 Å². The first kappa shape index (κ1) is 16.7. The highest BCUT2D eigenvalue weighted by atomic mass is 35.5. The Kier molecular flexibility index (Phi) is 4.71. The van der Waals surface area contributed by atoms with E-state index in [9.17, 15) is 14.4 Å². The SMILES string of the molecule is C[C@@H](C(=O)NCc1ccccc1)N1C(=O)[C@H]2CC=C(Cl)C[C@@H]2C1=O. The number of amides is 3. The van der Waals surface area contributed by atoms with Gasteiger partial charge in [0.05, 0.1) is 11.8 Å². The average Bonchev–Trinajstić information content (AvgIpc) is 2.83. The number of nitrogens with one attached hydrogen (secondary N) is 1. The van der Waals surface area contributed by atoms with E-state index in [1.165, 1.54) is 0 Å². The van der Waals surface area contributed by atoms with Crippen molar-refractivity contribution in [3.05, 3.63) is 47.0 Å². The molecule has 3 atom stereocenters. The van der Waals surface area contributed by atoms with Crippen LogP contribution in [0.15, 0.2) is 41.4 Å². The van der Waals surface area contributed by atoms with Gasteiger partial charge in [0.25, 0.3) is 0 Å². The van der Waals surface area contributed by atoms with Crippen molar-refractivity contribution in [3.63, 3.8) is 0 Å². The molecule has 0 bridgehead atoms. The summed E-state index contributed by atoms with van der Waals surface area (Å²) in [5, 5.41) is 3.39. The van der Waals surface area contributed by atoms with Crippen LogP contribution in [0.5, 0.6) is 0 Å². The molecule has 1 fully saturated rings. The Hall–Kier alpha value is -2.14. The van der Waals surface area contributed by atoms with Crippen LogP contribution in [0.25, 0.3) is 0 Å². The van der Waals surface area contributed by atoms with E-state index in [0.29, 0.717) is 24.4 Å². The molecule has 1 aromatic rings. The number of imide groups is 1. The van der Waals surface area contributed by atoms with Crippen molar-refractivity contribution in [1.82, 2.24) is 10.2 Å². The van der Waals surface area contributed by atoms with Gasteiger partial charge in [0.15, 0.2) is 0 Å². The molecule has 1 saturated heterocycles. The highest BCUT2D eigenvalue weighted by Crippen LogP contribution is 2.39. The number of carbonyl (C=O) groups excluding carboxylic acids is 3. The summed E-state index contributed by atoms with van der Waals surface area (Å²) < 4.78 is 0. The molecule has 0 radical (unpaired) electrons. The first-order valence-electron chi connectivity index (χ1n) is 8.02. The number of hydrogen-bond acceptors (Lipinski definition) is 3. The minimum absolute atomic E-state index is 0.271. The van der Waals surface area contributed by atoms with Crippen LogP contribution in [-0.4, -0.2) is 28.7 Å². The predicted octanol–water partition coefficient (Wildman–Crippen LogP) is 2.21. The van der Waals surface area contributed by atoms with E-state index in [-0.39, 0.29) is 23.6 Å². The van der Waals surface area contributed by atoms with E-state index in [1.807, 2.05) is 30.3 Å². The average molecular weight is 347 g/mol. The molecule has 24 heavy (non-hydrogen) atoms. The van der Waals surface area contributed by atoms with Crippen molar-refractivity contribution in [3.8, 4) is 0 Å². The summed E-state index contributed by atoms with van der Waals surface area (Å²) >= 11 is 6.00. The molecule has 0 aromatic heterocycles. The number of halogens is 1. The van der Waals surface area contributed by atoms with Crippen LogP contribution >= 0.6 is 11.6 Å². The largest absolute Gasteiger partial charge is 0.350 e. The van der Waals surface area contributed by atoms with E-state index in [0.717, 1.165) is 10.5 Å². The molecule has 1 N–H and O–H groups in total. The maximum absolute atomic E-state index is 12.6. The monoisotopic (exact) mass is 346 g/mol. The minimum Gasteiger partial charge on any atom is -0.350 e. The second-order valence-corrected chi connectivity index (χ2v) is 6.72. The number of benzene rings is 1. The zero-order valence-electron chi connectivity index (χ0n) is 13.4. The summed E-state index contributed by atoms with van der Waals surface area (Å²) in [6.07, 6.45) is 2.63. The van der Waals surface area contributed by atoms with Crippen molar-refractivity contribution < 1.29 is 14.4 Å². The van der Waals surface area contributed by atoms with Crippen molar-refractivity contribution in [1.29, 1.82) is 0 Å². The van der Waals surface area contributed by atoms with Crippen LogP contribution in [0.1, 0.15) is 25.3 Å². The smallest absolute Gasteiger partial charge is 0.243 e. The molecule has 1 aliphatic heterocycles. The Morgan fingerprint density at radius 1 is 1.25 bits per heavy atom. The topological polar surface area (TPSA) is 66.5 Å². The Bertz CT molecular complexity index is 701. The maximum Gasteiger partial charge on any atom is 0.243 e. The van der Waals surface area contributed by atoms with Gasteiger partial charge in [-0.1, -0.05) is 48.0 Å². The quantitative estimate of drug-likeness (QED) is 0.850. The van der Waals surface area contributed by atoms with Crippen LogP contribution in [0, 0.1) is 11.8 Å². The third kappa shape index (κ3) is 3.08. The Balaban J connectivity index is 1.66. The fraction of sp³-hybridized carbons (Fsp3) is 0.389. The lowest BCUT2D eigenvalue weighted by molar-refractivity contribution is -0.147. The van der Waals surface area contributed by atoms with Gasteiger partial charge in [-0.25, -0.2) is 0 Å². The van der Waals surface area contributed by atoms with Crippen molar-refractivity contribution in [2.24, 2.45) is 11.8 Å². The van der Waals surface area contributed by atoms with Crippen LogP contribution in [0.4, 0.5) is 0 Å². The van der Waals surface area contributed by atoms with E-state index < -0.39 is 12.0 Å². The Morgan fingerprint density at radius 2 is 1.92 bits per heavy atom. The van der Waals surface area contributed by atoms with Crippen LogP contribution in [0.3, 0.4) is 0 Å². The van der Waals surface area contributed by atoms with Gasteiger partial charge in [-0.2, -0.15) is 0 Å². The minimum atomic E-state index is -0.821. The summed E-state index contributed by atoms with van der Waals surface area (Å²) in [4.78, 5) is 38.6. The Labute approximate surface area is 145 Å². The number of rotatable bonds is 4. The van der Waals surface area contributed by atoms with Gasteiger partial charge in [0.2, 0.25) is 17.7 Å². The summed E-state index contributed by atoms with van der Waals surface area (Å²) in [6, 6.07) is 8.66. The summed E-state index contributed by atoms with van der Waals surface area (Å²) in [5.41, 5.74) is 0.960. The zero-order chi connectivity index (χ0) is 17.3. The molecule has 0 saturated carbocycles. The predicted molar refractivity (Wildman–Crippen MR) is 89.8 cm³/mol. The highest BCUT2D eigenvalue weighted by Gasteiger charge is 2.50. The molecule has 1 aromatic carbocycles. The first-order chi connectivity index (χ1) is 11.5. The Morgan fingerprint density at radius 3 is 2.62 bits per heavy atom. The van der Waals surface area contributed by atoms with Crippen molar-refractivity contribution >= 4 is 29.3 Å². The number of nitrogens with zero attached hydrogens (tertiary/aromatic N) is 1. The van der Waals surface area contributed by atoms with Gasteiger partial charge in [0.1, 0.15) is 6.04 Å². The molecule has 6 heteroatoms. The molecule has 1 heterocycles. The van der Waals surface area contributed by atoms with Gasteiger partial charge in [-0.3, -0.25) is 19.3 Å². The number of carbonyl (C=O) groups is 3. The van der Waals surface area contributed by atoms with E-state index in [1.54, 1.807) is 13.0 Å². The van der Waals surface area contributed by atoms with Gasteiger partial charge in [-0.05, 0) is 25.3 Å². The third-order valence-electron chi connectivity index (χ3n) is 4.68. The number of likely N-dealkylation sites (tertiary alicyclic amines) is 1. The maximum atomic E-state index is 12.6. The second-order valence-electron chi connectivity index (χ2n) is 6.23. The van der Waals surface area contributed by atoms with Crippen LogP contribution in [-0.2, 0) is 20.9 Å². The standard InChI is InChI=1S/C18H19ClN2O3/c1-11(16(22)20-10-12-5-3-2-4-6-12)21-17(23)14-8-7-13(19)9-15(14)18(21)24/h2-7,11,14-15H,8-10H2,1H3,(H,20,22)/t11-,14-,15-/m0/s1. The molecule has 2 aliphatic rings.